The van der Waals surface area contributed by atoms with Crippen molar-refractivity contribution in [3.8, 4) is 0 Å². The fourth-order valence-electron chi connectivity index (χ4n) is 2.83. The number of hydrogen-bond acceptors (Lipinski definition) is 4. The van der Waals surface area contributed by atoms with Crippen molar-refractivity contribution in [1.29, 1.82) is 0 Å². The van der Waals surface area contributed by atoms with Gasteiger partial charge in [0.25, 0.3) is 0 Å². The molecule has 0 bridgehead atoms. The average molecular weight is 290 g/mol. The summed E-state index contributed by atoms with van der Waals surface area (Å²) >= 11 is 0. The van der Waals surface area contributed by atoms with Crippen LogP contribution >= 0.6 is 0 Å². The third-order valence-electron chi connectivity index (χ3n) is 3.78. The van der Waals surface area contributed by atoms with Crippen molar-refractivity contribution in [2.75, 3.05) is 18.0 Å². The number of aromatic nitrogens is 2. The van der Waals surface area contributed by atoms with E-state index in [2.05, 4.69) is 5.10 Å². The van der Waals surface area contributed by atoms with E-state index in [0.29, 0.717) is 18.8 Å². The van der Waals surface area contributed by atoms with Gasteiger partial charge in [-0.2, -0.15) is 9.49 Å². The first-order valence-electron chi connectivity index (χ1n) is 6.84. The fourth-order valence-corrected chi connectivity index (χ4v) is 2.83. The first-order chi connectivity index (χ1) is 10.2. The Kier molecular flexibility index (Phi) is 3.55. The van der Waals surface area contributed by atoms with E-state index in [9.17, 15) is 14.5 Å². The van der Waals surface area contributed by atoms with Crippen LogP contribution in [0.1, 0.15) is 18.9 Å². The maximum atomic E-state index is 13.7. The lowest BCUT2D eigenvalue weighted by Crippen LogP contribution is -2.37. The summed E-state index contributed by atoms with van der Waals surface area (Å²) in [6.45, 7) is 1.27. The van der Waals surface area contributed by atoms with Crippen LogP contribution in [0, 0.1) is 15.9 Å². The predicted octanol–water partition coefficient (Wildman–Crippen LogP) is 2.77. The topological polar surface area (TPSA) is 64.2 Å². The van der Waals surface area contributed by atoms with Crippen molar-refractivity contribution in [3.63, 3.8) is 0 Å². The average Bonchev–Trinajstić information content (AvgIpc) is 3.01. The molecule has 1 aromatic carbocycles. The lowest BCUT2D eigenvalue weighted by Gasteiger charge is -2.34. The second kappa shape index (κ2) is 5.51. The zero-order valence-corrected chi connectivity index (χ0v) is 11.4. The molecule has 1 saturated heterocycles. The Labute approximate surface area is 120 Å². The summed E-state index contributed by atoms with van der Waals surface area (Å²) in [5.41, 5.74) is -0.101. The van der Waals surface area contributed by atoms with Crippen molar-refractivity contribution >= 4 is 11.4 Å². The highest BCUT2D eigenvalue weighted by Gasteiger charge is 2.28. The Morgan fingerprint density at radius 1 is 1.38 bits per heavy atom. The van der Waals surface area contributed by atoms with Gasteiger partial charge in [-0.15, -0.1) is 0 Å². The molecule has 21 heavy (non-hydrogen) atoms. The first kappa shape index (κ1) is 13.5. The van der Waals surface area contributed by atoms with Gasteiger partial charge in [0.05, 0.1) is 11.0 Å². The molecule has 1 aromatic heterocycles. The van der Waals surface area contributed by atoms with Crippen molar-refractivity contribution in [1.82, 2.24) is 9.78 Å². The van der Waals surface area contributed by atoms with Crippen molar-refractivity contribution in [2.45, 2.75) is 18.9 Å². The van der Waals surface area contributed by atoms with Crippen LogP contribution in [0.3, 0.4) is 0 Å². The minimum atomic E-state index is -0.793. The number of hydrogen-bond donors (Lipinski definition) is 0. The number of nitrogens with zero attached hydrogens (tertiary/aromatic N) is 4. The summed E-state index contributed by atoms with van der Waals surface area (Å²) in [6, 6.07) is 6.23. The van der Waals surface area contributed by atoms with Crippen molar-refractivity contribution in [3.05, 3.63) is 52.6 Å². The Morgan fingerprint density at radius 3 is 2.95 bits per heavy atom. The van der Waals surface area contributed by atoms with E-state index in [4.69, 9.17) is 0 Å². The molecule has 1 aliphatic rings. The van der Waals surface area contributed by atoms with Gasteiger partial charge in [0.15, 0.2) is 0 Å². The standard InChI is InChI=1S/C14H15FN4O2/c15-12-5-1-6-13(14(12)19(20)21)17-8-2-4-11(10-17)18-9-3-7-16-18/h1,3,5-7,9,11H,2,4,8,10H2. The van der Waals surface area contributed by atoms with Gasteiger partial charge in [-0.3, -0.25) is 14.8 Å². The minimum Gasteiger partial charge on any atom is -0.364 e. The van der Waals surface area contributed by atoms with Crippen LogP contribution in [0.25, 0.3) is 0 Å². The fraction of sp³-hybridized carbons (Fsp3) is 0.357. The van der Waals surface area contributed by atoms with E-state index in [0.717, 1.165) is 18.9 Å². The number of nitro groups is 1. The minimum absolute atomic E-state index is 0.150. The quantitative estimate of drug-likeness (QED) is 0.644. The SMILES string of the molecule is O=[N+]([O-])c1c(F)cccc1N1CCCC(n2cccn2)C1. The smallest absolute Gasteiger partial charge is 0.327 e. The molecule has 0 saturated carbocycles. The van der Waals surface area contributed by atoms with E-state index < -0.39 is 16.4 Å². The molecular formula is C14H15FN4O2. The van der Waals surface area contributed by atoms with Crippen LogP contribution in [-0.4, -0.2) is 27.8 Å². The highest BCUT2D eigenvalue weighted by atomic mass is 19.1. The Bertz CT molecular complexity index is 644. The summed E-state index contributed by atoms with van der Waals surface area (Å²) in [5, 5.41) is 15.3. The number of nitro benzene ring substituents is 1. The summed E-state index contributed by atoms with van der Waals surface area (Å²) in [5.74, 6) is -0.793. The van der Waals surface area contributed by atoms with Crippen LogP contribution in [0.15, 0.2) is 36.7 Å². The molecule has 6 nitrogen and oxygen atoms in total. The monoisotopic (exact) mass is 290 g/mol. The maximum Gasteiger partial charge on any atom is 0.327 e. The van der Waals surface area contributed by atoms with E-state index >= 15 is 0 Å². The third kappa shape index (κ3) is 2.58. The molecule has 3 rings (SSSR count). The summed E-state index contributed by atoms with van der Waals surface area (Å²) < 4.78 is 15.6. The molecule has 1 aliphatic heterocycles. The molecular weight excluding hydrogens is 275 g/mol. The van der Waals surface area contributed by atoms with Crippen LogP contribution in [-0.2, 0) is 0 Å². The van der Waals surface area contributed by atoms with E-state index in [1.54, 1.807) is 12.3 Å². The second-order valence-electron chi connectivity index (χ2n) is 5.09. The Hall–Kier alpha value is -2.44. The van der Waals surface area contributed by atoms with Crippen LogP contribution < -0.4 is 4.90 Å². The molecule has 110 valence electrons. The van der Waals surface area contributed by atoms with Gasteiger partial charge in [-0.25, -0.2) is 0 Å². The van der Waals surface area contributed by atoms with Gasteiger partial charge in [0, 0.05) is 25.5 Å². The van der Waals surface area contributed by atoms with E-state index in [-0.39, 0.29) is 6.04 Å². The number of benzene rings is 1. The van der Waals surface area contributed by atoms with Crippen LogP contribution in [0.5, 0.6) is 0 Å². The zero-order valence-electron chi connectivity index (χ0n) is 11.4. The number of piperidine rings is 1. The summed E-state index contributed by atoms with van der Waals surface area (Å²) in [7, 11) is 0. The summed E-state index contributed by atoms with van der Waals surface area (Å²) in [6.07, 6.45) is 5.44. The molecule has 1 unspecified atom stereocenters. The van der Waals surface area contributed by atoms with Gasteiger partial charge in [-0.1, -0.05) is 6.07 Å². The second-order valence-corrected chi connectivity index (χ2v) is 5.09. The molecule has 0 radical (unpaired) electrons. The third-order valence-corrected chi connectivity index (χ3v) is 3.78. The first-order valence-corrected chi connectivity index (χ1v) is 6.84. The molecule has 7 heteroatoms. The van der Waals surface area contributed by atoms with E-state index in [1.807, 2.05) is 21.8 Å². The molecule has 0 aliphatic carbocycles. The molecule has 1 atom stereocenters. The Balaban J connectivity index is 1.90. The predicted molar refractivity (Wildman–Crippen MR) is 75.8 cm³/mol. The van der Waals surface area contributed by atoms with Gasteiger partial charge in [0.1, 0.15) is 5.69 Å². The van der Waals surface area contributed by atoms with Crippen molar-refractivity contribution < 1.29 is 9.31 Å². The molecule has 2 aromatic rings. The summed E-state index contributed by atoms with van der Waals surface area (Å²) in [4.78, 5) is 12.3. The number of anilines is 1. The molecule has 0 amide bonds. The van der Waals surface area contributed by atoms with Gasteiger partial charge >= 0.3 is 5.69 Å². The zero-order chi connectivity index (χ0) is 14.8. The number of halogens is 1. The number of para-hydroxylation sites is 1. The van der Waals surface area contributed by atoms with Crippen LogP contribution in [0.2, 0.25) is 0 Å². The van der Waals surface area contributed by atoms with Gasteiger partial charge < -0.3 is 4.90 Å². The molecule has 1 fully saturated rings. The molecule has 0 spiro atoms. The molecule has 2 heterocycles. The number of rotatable bonds is 3. The molecule has 0 N–H and O–H groups in total. The largest absolute Gasteiger partial charge is 0.364 e. The Morgan fingerprint density at radius 2 is 2.24 bits per heavy atom. The van der Waals surface area contributed by atoms with Gasteiger partial charge in [-0.05, 0) is 31.0 Å². The lowest BCUT2D eigenvalue weighted by molar-refractivity contribution is -0.386. The highest BCUT2D eigenvalue weighted by Crippen LogP contribution is 2.34. The normalized spacial score (nSPS) is 18.7. The van der Waals surface area contributed by atoms with Crippen LogP contribution in [0.4, 0.5) is 15.8 Å². The highest BCUT2D eigenvalue weighted by molar-refractivity contribution is 5.64. The van der Waals surface area contributed by atoms with E-state index in [1.165, 1.54) is 6.07 Å². The maximum absolute atomic E-state index is 13.7. The van der Waals surface area contributed by atoms with Gasteiger partial charge in [0.2, 0.25) is 5.82 Å². The van der Waals surface area contributed by atoms with Crippen molar-refractivity contribution in [2.24, 2.45) is 0 Å². The lowest BCUT2D eigenvalue weighted by atomic mass is 10.0.